The molecule has 1 aromatic rings. The molecule has 0 bridgehead atoms. The Morgan fingerprint density at radius 3 is 2.50 bits per heavy atom. The molecule has 0 radical (unpaired) electrons. The molecule has 1 heterocycles. The third kappa shape index (κ3) is 5.12. The van der Waals surface area contributed by atoms with Gasteiger partial charge in [0.2, 0.25) is 0 Å². The number of hydrogen-bond donors (Lipinski definition) is 0. The summed E-state index contributed by atoms with van der Waals surface area (Å²) in [4.78, 5) is 11.6. The van der Waals surface area contributed by atoms with Crippen molar-refractivity contribution in [3.05, 3.63) is 18.0 Å². The summed E-state index contributed by atoms with van der Waals surface area (Å²) in [6, 6.07) is 1.16. The molecule has 0 N–H and O–H groups in total. The maximum absolute atomic E-state index is 11.7. The average Bonchev–Trinajstić information content (AvgIpc) is 2.75. The highest BCUT2D eigenvalue weighted by atomic mass is 35.7. The monoisotopic (exact) mass is 325 g/mol. The van der Waals surface area contributed by atoms with Crippen LogP contribution in [0.15, 0.2) is 17.2 Å². The van der Waals surface area contributed by atoms with Crippen molar-refractivity contribution in [1.29, 1.82) is 0 Å². The summed E-state index contributed by atoms with van der Waals surface area (Å²) in [7, 11) is 4.41. The van der Waals surface area contributed by atoms with Crippen molar-refractivity contribution in [2.24, 2.45) is 7.05 Å². The van der Waals surface area contributed by atoms with Gasteiger partial charge in [0.1, 0.15) is 17.2 Å². The van der Waals surface area contributed by atoms with Gasteiger partial charge in [0.25, 0.3) is 9.05 Å². The minimum absolute atomic E-state index is 0.0662. The fourth-order valence-electron chi connectivity index (χ4n) is 1.38. The van der Waals surface area contributed by atoms with E-state index in [1.165, 1.54) is 17.8 Å². The van der Waals surface area contributed by atoms with Gasteiger partial charge in [-0.15, -0.1) is 0 Å². The first-order valence-electron chi connectivity index (χ1n) is 5.71. The van der Waals surface area contributed by atoms with Crippen LogP contribution in [-0.4, -0.2) is 52.5 Å². The van der Waals surface area contributed by atoms with E-state index < -0.39 is 15.0 Å². The highest BCUT2D eigenvalue weighted by Gasteiger charge is 2.19. The Balaban J connectivity index is 2.50. The fourth-order valence-corrected chi connectivity index (χ4v) is 2.17. The summed E-state index contributed by atoms with van der Waals surface area (Å²) in [6.45, 7) is 1.17. The van der Waals surface area contributed by atoms with Crippen LogP contribution in [0, 0.1) is 0 Å². The topological polar surface area (TPSA) is 83.8 Å². The summed E-state index contributed by atoms with van der Waals surface area (Å²) >= 11 is 0. The normalized spacial score (nSPS) is 11.6. The minimum Gasteiger partial charge on any atom is -0.459 e. The van der Waals surface area contributed by atoms with Gasteiger partial charge in [0.05, 0.1) is 19.8 Å². The van der Waals surface area contributed by atoms with Crippen LogP contribution in [0.2, 0.25) is 0 Å². The number of aromatic nitrogens is 1. The maximum atomic E-state index is 11.7. The van der Waals surface area contributed by atoms with Gasteiger partial charge in [-0.25, -0.2) is 13.2 Å². The van der Waals surface area contributed by atoms with Gasteiger partial charge in [0.15, 0.2) is 0 Å². The van der Waals surface area contributed by atoms with Crippen molar-refractivity contribution in [3.63, 3.8) is 0 Å². The second-order valence-corrected chi connectivity index (χ2v) is 6.42. The van der Waals surface area contributed by atoms with Gasteiger partial charge in [-0.3, -0.25) is 0 Å². The van der Waals surface area contributed by atoms with E-state index in [9.17, 15) is 13.2 Å². The number of aryl methyl sites for hydroxylation is 1. The quantitative estimate of drug-likeness (QED) is 0.399. The van der Waals surface area contributed by atoms with Crippen LogP contribution in [0.4, 0.5) is 0 Å². The first-order chi connectivity index (χ1) is 9.36. The molecular weight excluding hydrogens is 310 g/mol. The van der Waals surface area contributed by atoms with E-state index in [2.05, 4.69) is 0 Å². The van der Waals surface area contributed by atoms with Crippen LogP contribution in [0.3, 0.4) is 0 Å². The lowest BCUT2D eigenvalue weighted by Gasteiger charge is -2.06. The average molecular weight is 326 g/mol. The summed E-state index contributed by atoms with van der Waals surface area (Å²) in [5.41, 5.74) is 0.0983. The van der Waals surface area contributed by atoms with Crippen LogP contribution in [-0.2, 0) is 30.3 Å². The summed E-state index contributed by atoms with van der Waals surface area (Å²) in [6.07, 6.45) is 1.24. The Hall–Kier alpha value is -1.09. The Bertz CT molecular complexity index is 553. The molecule has 0 aliphatic rings. The number of halogens is 1. The van der Waals surface area contributed by atoms with Gasteiger partial charge in [0, 0.05) is 31.0 Å². The minimum atomic E-state index is -3.87. The molecule has 0 saturated carbocycles. The molecular formula is C11H16ClNO6S. The van der Waals surface area contributed by atoms with Crippen LogP contribution < -0.4 is 0 Å². The number of esters is 1. The van der Waals surface area contributed by atoms with Crippen LogP contribution in [0.25, 0.3) is 0 Å². The van der Waals surface area contributed by atoms with E-state index in [4.69, 9.17) is 24.9 Å². The molecule has 114 valence electrons. The second kappa shape index (κ2) is 7.63. The van der Waals surface area contributed by atoms with Crippen molar-refractivity contribution in [2.45, 2.75) is 4.90 Å². The molecule has 7 nitrogen and oxygen atoms in total. The number of hydrogen-bond acceptors (Lipinski definition) is 6. The number of nitrogens with zero attached hydrogens (tertiary/aromatic N) is 1. The van der Waals surface area contributed by atoms with E-state index in [0.717, 1.165) is 6.07 Å². The molecule has 0 fully saturated rings. The van der Waals surface area contributed by atoms with E-state index in [1.807, 2.05) is 0 Å². The lowest BCUT2D eigenvalue weighted by Crippen LogP contribution is -2.14. The molecule has 0 aromatic carbocycles. The van der Waals surface area contributed by atoms with Crippen molar-refractivity contribution < 1.29 is 27.4 Å². The van der Waals surface area contributed by atoms with E-state index >= 15 is 0 Å². The van der Waals surface area contributed by atoms with Crippen molar-refractivity contribution in [2.75, 3.05) is 33.5 Å². The second-order valence-electron chi connectivity index (χ2n) is 3.85. The van der Waals surface area contributed by atoms with Crippen molar-refractivity contribution in [1.82, 2.24) is 4.57 Å². The predicted octanol–water partition coefficient (Wildman–Crippen LogP) is 0.772. The third-order valence-electron chi connectivity index (χ3n) is 2.36. The Kier molecular flexibility index (Phi) is 6.47. The van der Waals surface area contributed by atoms with Gasteiger partial charge in [-0.1, -0.05) is 0 Å². The fraction of sp³-hybridized carbons (Fsp3) is 0.545. The lowest BCUT2D eigenvalue weighted by atomic mass is 10.4. The standard InChI is InChI=1S/C11H16ClNO6S/c1-13-8-9(20(12,15)16)7-10(13)11(14)19-6-5-18-4-3-17-2/h7-8H,3-6H2,1-2H3. The molecule has 0 saturated heterocycles. The molecule has 20 heavy (non-hydrogen) atoms. The molecule has 0 atom stereocenters. The first-order valence-corrected chi connectivity index (χ1v) is 8.02. The molecule has 9 heteroatoms. The summed E-state index contributed by atoms with van der Waals surface area (Å²) in [5.74, 6) is -0.644. The SMILES string of the molecule is COCCOCCOC(=O)c1cc(S(=O)(=O)Cl)cn1C. The lowest BCUT2D eigenvalue weighted by molar-refractivity contribution is 0.0207. The highest BCUT2D eigenvalue weighted by Crippen LogP contribution is 2.18. The summed E-state index contributed by atoms with van der Waals surface area (Å²) < 4.78 is 38.5. The van der Waals surface area contributed by atoms with Crippen LogP contribution in [0.5, 0.6) is 0 Å². The summed E-state index contributed by atoms with van der Waals surface area (Å²) in [5, 5.41) is 0. The molecule has 0 aliphatic carbocycles. The van der Waals surface area contributed by atoms with Gasteiger partial charge < -0.3 is 18.8 Å². The maximum Gasteiger partial charge on any atom is 0.355 e. The van der Waals surface area contributed by atoms with Crippen molar-refractivity contribution in [3.8, 4) is 0 Å². The Morgan fingerprint density at radius 2 is 1.95 bits per heavy atom. The Labute approximate surface area is 121 Å². The zero-order chi connectivity index (χ0) is 15.2. The van der Waals surface area contributed by atoms with E-state index in [0.29, 0.717) is 13.2 Å². The van der Waals surface area contributed by atoms with Gasteiger partial charge >= 0.3 is 5.97 Å². The Morgan fingerprint density at radius 1 is 1.30 bits per heavy atom. The highest BCUT2D eigenvalue weighted by molar-refractivity contribution is 8.13. The van der Waals surface area contributed by atoms with Crippen LogP contribution >= 0.6 is 10.7 Å². The number of methoxy groups -OCH3 is 1. The van der Waals surface area contributed by atoms with Crippen molar-refractivity contribution >= 4 is 25.7 Å². The van der Waals surface area contributed by atoms with Gasteiger partial charge in [-0.05, 0) is 6.07 Å². The predicted molar refractivity (Wildman–Crippen MR) is 71.4 cm³/mol. The number of ether oxygens (including phenoxy) is 3. The molecule has 0 aliphatic heterocycles. The molecule has 0 unspecified atom stereocenters. The number of rotatable bonds is 8. The first kappa shape index (κ1) is 17.0. The molecule has 0 amide bonds. The zero-order valence-electron chi connectivity index (χ0n) is 11.2. The zero-order valence-corrected chi connectivity index (χ0v) is 12.7. The van der Waals surface area contributed by atoms with E-state index in [-0.39, 0.29) is 23.8 Å². The largest absolute Gasteiger partial charge is 0.459 e. The molecule has 1 aromatic heterocycles. The van der Waals surface area contributed by atoms with Crippen LogP contribution in [0.1, 0.15) is 10.5 Å². The smallest absolute Gasteiger partial charge is 0.355 e. The molecule has 1 rings (SSSR count). The number of carbonyl (C=O) groups excluding carboxylic acids is 1. The number of carbonyl (C=O) groups is 1. The third-order valence-corrected chi connectivity index (χ3v) is 3.68. The van der Waals surface area contributed by atoms with E-state index in [1.54, 1.807) is 7.11 Å². The molecule has 0 spiro atoms. The van der Waals surface area contributed by atoms with Gasteiger partial charge in [-0.2, -0.15) is 0 Å².